The summed E-state index contributed by atoms with van der Waals surface area (Å²) in [5, 5.41) is 13.0. The van der Waals surface area contributed by atoms with Crippen molar-refractivity contribution < 1.29 is 14.7 Å². The molecule has 2 N–H and O–H groups in total. The summed E-state index contributed by atoms with van der Waals surface area (Å²) in [6.45, 7) is 5.11. The number of amides is 1. The third kappa shape index (κ3) is 4.90. The molecule has 4 rings (SSSR count). The second-order valence-electron chi connectivity index (χ2n) is 8.84. The summed E-state index contributed by atoms with van der Waals surface area (Å²) in [7, 11) is 0. The monoisotopic (exact) mass is 511 g/mol. The number of nitrogens with zero attached hydrogens (tertiary/aromatic N) is 4. The average Bonchev–Trinajstić information content (AvgIpc) is 3.25. The molecule has 10 nitrogen and oxygen atoms in total. The second-order valence-corrected chi connectivity index (χ2v) is 9.28. The van der Waals surface area contributed by atoms with Crippen molar-refractivity contribution in [2.24, 2.45) is 5.92 Å². The predicted molar refractivity (Wildman–Crippen MR) is 136 cm³/mol. The van der Waals surface area contributed by atoms with Crippen molar-refractivity contribution in [2.45, 2.75) is 39.8 Å². The van der Waals surface area contributed by atoms with Crippen molar-refractivity contribution in [1.82, 2.24) is 14.1 Å². The molecule has 1 amide bonds. The van der Waals surface area contributed by atoms with Gasteiger partial charge in [-0.2, -0.15) is 4.98 Å². The van der Waals surface area contributed by atoms with E-state index in [0.717, 1.165) is 21.4 Å². The number of fused-ring (bicyclic) bond motifs is 1. The van der Waals surface area contributed by atoms with Crippen molar-refractivity contribution in [3.05, 3.63) is 79.6 Å². The Bertz CT molecular complexity index is 1450. The minimum atomic E-state index is -1.13. The second kappa shape index (κ2) is 9.98. The molecule has 11 heteroatoms. The van der Waals surface area contributed by atoms with Gasteiger partial charge in [0, 0.05) is 29.9 Å². The van der Waals surface area contributed by atoms with Gasteiger partial charge in [-0.25, -0.2) is 14.2 Å². The van der Waals surface area contributed by atoms with Gasteiger partial charge in [-0.3, -0.25) is 14.2 Å². The number of carbonyl (C=O) groups excluding carboxylic acids is 1. The van der Waals surface area contributed by atoms with Crippen LogP contribution in [0.4, 0.5) is 17.3 Å². The molecule has 0 saturated heterocycles. The lowest BCUT2D eigenvalue weighted by Gasteiger charge is -2.21. The van der Waals surface area contributed by atoms with Gasteiger partial charge in [0.1, 0.15) is 0 Å². The highest BCUT2D eigenvalue weighted by molar-refractivity contribution is 6.30. The fourth-order valence-electron chi connectivity index (χ4n) is 4.23. The molecule has 0 saturated carbocycles. The summed E-state index contributed by atoms with van der Waals surface area (Å²) in [5.41, 5.74) is 1.59. The van der Waals surface area contributed by atoms with Crippen molar-refractivity contribution in [1.29, 1.82) is 0 Å². The van der Waals surface area contributed by atoms with Gasteiger partial charge in [-0.05, 0) is 61.7 Å². The van der Waals surface area contributed by atoms with E-state index in [1.54, 1.807) is 35.2 Å². The third-order valence-corrected chi connectivity index (χ3v) is 6.74. The first kappa shape index (κ1) is 25.2. The number of aromatic nitrogens is 3. The fraction of sp³-hybridized carbons (Fsp3) is 0.320. The zero-order chi connectivity index (χ0) is 26.1. The molecule has 2 atom stereocenters. The molecule has 3 aromatic rings. The molecule has 0 unspecified atom stereocenters. The smallest absolute Gasteiger partial charge is 0.355 e. The standard InChI is InChI=1S/C25H26ClN5O5/c1-14(22(33)34)15(2)31-24(35)28-23(30(25(31)36)13-17-4-6-19(26)7-5-17)27-20-8-9-21-18(12-20)10-11-29(21)16(3)32/h4-9,12,14-15H,10-11,13H2,1-3H3,(H,33,34)(H,27,28,35)/t14-,15+/m1/s1. The normalized spacial score (nSPS) is 14.3. The molecule has 1 aliphatic rings. The van der Waals surface area contributed by atoms with E-state index in [1.165, 1.54) is 25.3 Å². The van der Waals surface area contributed by atoms with Crippen molar-refractivity contribution >= 4 is 40.8 Å². The molecule has 0 aliphatic carbocycles. The summed E-state index contributed by atoms with van der Waals surface area (Å²) in [5.74, 6) is -2.13. The average molecular weight is 512 g/mol. The van der Waals surface area contributed by atoms with E-state index in [-0.39, 0.29) is 18.4 Å². The van der Waals surface area contributed by atoms with Crippen LogP contribution >= 0.6 is 11.6 Å². The number of halogens is 1. The summed E-state index contributed by atoms with van der Waals surface area (Å²) in [6, 6.07) is 11.4. The van der Waals surface area contributed by atoms with Crippen LogP contribution in [0.5, 0.6) is 0 Å². The molecule has 1 aliphatic heterocycles. The molecule has 0 bridgehead atoms. The zero-order valence-corrected chi connectivity index (χ0v) is 20.8. The Balaban J connectivity index is 1.78. The van der Waals surface area contributed by atoms with Gasteiger partial charge in [0.2, 0.25) is 11.9 Å². The van der Waals surface area contributed by atoms with Gasteiger partial charge in [0.05, 0.1) is 18.5 Å². The number of hydrogen-bond acceptors (Lipinski definition) is 6. The number of aliphatic carboxylic acids is 1. The fourth-order valence-corrected chi connectivity index (χ4v) is 4.36. The summed E-state index contributed by atoms with van der Waals surface area (Å²) in [6.07, 6.45) is 0.682. The van der Waals surface area contributed by atoms with Crippen LogP contribution in [0.1, 0.15) is 37.9 Å². The molecule has 2 aromatic carbocycles. The number of anilines is 3. The van der Waals surface area contributed by atoms with E-state index >= 15 is 0 Å². The summed E-state index contributed by atoms with van der Waals surface area (Å²) in [4.78, 5) is 55.6. The Morgan fingerprint density at radius 1 is 1.14 bits per heavy atom. The Morgan fingerprint density at radius 3 is 2.47 bits per heavy atom. The van der Waals surface area contributed by atoms with Gasteiger partial charge in [0.15, 0.2) is 0 Å². The highest BCUT2D eigenvalue weighted by atomic mass is 35.5. The van der Waals surface area contributed by atoms with Crippen LogP contribution in [0.2, 0.25) is 5.02 Å². The van der Waals surface area contributed by atoms with Crippen LogP contribution in [-0.2, 0) is 22.6 Å². The number of hydrogen-bond donors (Lipinski definition) is 2. The molecule has 36 heavy (non-hydrogen) atoms. The van der Waals surface area contributed by atoms with Crippen LogP contribution in [0.25, 0.3) is 0 Å². The maximum absolute atomic E-state index is 13.5. The number of carbonyl (C=O) groups is 2. The van der Waals surface area contributed by atoms with E-state index in [4.69, 9.17) is 11.6 Å². The number of rotatable bonds is 7. The Hall–Kier alpha value is -3.92. The SMILES string of the molecule is CC(=O)N1CCc2cc(Nc3nc(=O)n([C@@H](C)[C@@H](C)C(=O)O)c(=O)n3Cc3ccc(Cl)cc3)ccc21. The molecule has 0 radical (unpaired) electrons. The minimum Gasteiger partial charge on any atom is -0.481 e. The lowest BCUT2D eigenvalue weighted by molar-refractivity contribution is -0.142. The predicted octanol–water partition coefficient (Wildman–Crippen LogP) is 3.04. The minimum absolute atomic E-state index is 0.0211. The molecule has 1 aromatic heterocycles. The number of nitrogens with one attached hydrogen (secondary N) is 1. The maximum Gasteiger partial charge on any atom is 0.355 e. The third-order valence-electron chi connectivity index (χ3n) is 6.49. The first-order chi connectivity index (χ1) is 17.1. The summed E-state index contributed by atoms with van der Waals surface area (Å²) >= 11 is 5.99. The van der Waals surface area contributed by atoms with Crippen molar-refractivity contribution in [2.75, 3.05) is 16.8 Å². The summed E-state index contributed by atoms with van der Waals surface area (Å²) < 4.78 is 2.16. The molecule has 0 fully saturated rings. The number of benzene rings is 2. The van der Waals surface area contributed by atoms with E-state index < -0.39 is 29.3 Å². The van der Waals surface area contributed by atoms with Crippen LogP contribution < -0.4 is 21.6 Å². The molecular formula is C25H26ClN5O5. The Labute approximate surface area is 211 Å². The van der Waals surface area contributed by atoms with Gasteiger partial charge >= 0.3 is 17.3 Å². The van der Waals surface area contributed by atoms with Crippen LogP contribution in [0.3, 0.4) is 0 Å². The van der Waals surface area contributed by atoms with Crippen LogP contribution in [0.15, 0.2) is 52.1 Å². The first-order valence-electron chi connectivity index (χ1n) is 11.5. The van der Waals surface area contributed by atoms with E-state index in [2.05, 4.69) is 10.3 Å². The molecular weight excluding hydrogens is 486 g/mol. The van der Waals surface area contributed by atoms with Crippen LogP contribution in [0, 0.1) is 5.92 Å². The van der Waals surface area contributed by atoms with E-state index in [1.807, 2.05) is 12.1 Å². The lowest BCUT2D eigenvalue weighted by Crippen LogP contribution is -2.46. The number of carboxylic acids is 1. The first-order valence-corrected chi connectivity index (χ1v) is 11.8. The van der Waals surface area contributed by atoms with Crippen molar-refractivity contribution in [3.8, 4) is 0 Å². The van der Waals surface area contributed by atoms with E-state index in [0.29, 0.717) is 23.7 Å². The number of carboxylic acid groups (broad SMARTS) is 1. The van der Waals surface area contributed by atoms with Crippen molar-refractivity contribution in [3.63, 3.8) is 0 Å². The van der Waals surface area contributed by atoms with Gasteiger partial charge < -0.3 is 15.3 Å². The zero-order valence-electron chi connectivity index (χ0n) is 20.1. The topological polar surface area (TPSA) is 127 Å². The Morgan fingerprint density at radius 2 is 1.83 bits per heavy atom. The van der Waals surface area contributed by atoms with Gasteiger partial charge in [-0.15, -0.1) is 0 Å². The largest absolute Gasteiger partial charge is 0.481 e. The molecule has 188 valence electrons. The molecule has 2 heterocycles. The Kier molecular flexibility index (Phi) is 6.98. The highest BCUT2D eigenvalue weighted by Gasteiger charge is 2.27. The molecule has 0 spiro atoms. The maximum atomic E-state index is 13.5. The van der Waals surface area contributed by atoms with Gasteiger partial charge in [0.25, 0.3) is 0 Å². The van der Waals surface area contributed by atoms with Gasteiger partial charge in [-0.1, -0.05) is 23.7 Å². The lowest BCUT2D eigenvalue weighted by atomic mass is 10.0. The highest BCUT2D eigenvalue weighted by Crippen LogP contribution is 2.31. The van der Waals surface area contributed by atoms with E-state index in [9.17, 15) is 24.3 Å². The van der Waals surface area contributed by atoms with Crippen LogP contribution in [-0.4, -0.2) is 37.6 Å². The quantitative estimate of drug-likeness (QED) is 0.499.